The van der Waals surface area contributed by atoms with Crippen molar-refractivity contribution < 1.29 is 14.0 Å². The van der Waals surface area contributed by atoms with E-state index in [0.29, 0.717) is 15.6 Å². The summed E-state index contributed by atoms with van der Waals surface area (Å²) in [4.78, 5) is 22.9. The second kappa shape index (κ2) is 4.38. The largest absolute Gasteiger partial charge is 0.295 e. The first-order valence-electron chi connectivity index (χ1n) is 4.86. The minimum absolute atomic E-state index is 0.314. The summed E-state index contributed by atoms with van der Waals surface area (Å²) in [7, 11) is 0. The van der Waals surface area contributed by atoms with Crippen LogP contribution in [-0.2, 0) is 9.59 Å². The van der Waals surface area contributed by atoms with E-state index in [4.69, 9.17) is 11.6 Å². The second-order valence-electron chi connectivity index (χ2n) is 3.86. The van der Waals surface area contributed by atoms with E-state index in [1.54, 1.807) is 13.0 Å². The van der Waals surface area contributed by atoms with E-state index in [-0.39, 0.29) is 0 Å². The molecule has 90 valence electrons. The molecule has 2 rings (SSSR count). The Morgan fingerprint density at radius 2 is 2.00 bits per heavy atom. The molecule has 1 heterocycles. The highest BCUT2D eigenvalue weighted by Crippen LogP contribution is 2.33. The third kappa shape index (κ3) is 2.09. The molecule has 17 heavy (non-hydrogen) atoms. The van der Waals surface area contributed by atoms with Crippen LogP contribution in [0.2, 0.25) is 0 Å². The van der Waals surface area contributed by atoms with E-state index in [1.165, 1.54) is 6.07 Å². The van der Waals surface area contributed by atoms with Gasteiger partial charge in [-0.3, -0.25) is 14.9 Å². The lowest BCUT2D eigenvalue weighted by molar-refractivity contribution is -0.125. The molecular weight excluding hydrogens is 312 g/mol. The van der Waals surface area contributed by atoms with E-state index < -0.39 is 28.9 Å². The fourth-order valence-corrected chi connectivity index (χ4v) is 2.61. The molecule has 0 bridgehead atoms. The Labute approximate surface area is 110 Å². The van der Waals surface area contributed by atoms with Crippen LogP contribution in [0.5, 0.6) is 0 Å². The van der Waals surface area contributed by atoms with Gasteiger partial charge in [-0.25, -0.2) is 4.39 Å². The first-order valence-corrected chi connectivity index (χ1v) is 6.09. The molecule has 2 unspecified atom stereocenters. The van der Waals surface area contributed by atoms with Crippen molar-refractivity contribution in [1.82, 2.24) is 5.32 Å². The van der Waals surface area contributed by atoms with Gasteiger partial charge in [-0.15, -0.1) is 11.6 Å². The fraction of sp³-hybridized carbons (Fsp3) is 0.273. The number of aryl methyl sites for hydroxylation is 1. The highest BCUT2D eigenvalue weighted by atomic mass is 79.9. The van der Waals surface area contributed by atoms with Gasteiger partial charge in [-0.2, -0.15) is 0 Å². The maximum absolute atomic E-state index is 13.5. The van der Waals surface area contributed by atoms with Gasteiger partial charge in [0.05, 0.1) is 10.4 Å². The molecule has 0 aromatic heterocycles. The van der Waals surface area contributed by atoms with Crippen LogP contribution in [-0.4, -0.2) is 17.2 Å². The number of benzene rings is 1. The number of hydrogen-bond acceptors (Lipinski definition) is 2. The number of carbonyl (C=O) groups is 2. The molecule has 1 aliphatic heterocycles. The number of rotatable bonds is 1. The Morgan fingerprint density at radius 3 is 2.53 bits per heavy atom. The summed E-state index contributed by atoms with van der Waals surface area (Å²) in [6.07, 6.45) is 0. The fourth-order valence-electron chi connectivity index (χ4n) is 1.85. The topological polar surface area (TPSA) is 46.2 Å². The van der Waals surface area contributed by atoms with Gasteiger partial charge in [-0.05, 0) is 46.1 Å². The van der Waals surface area contributed by atoms with Crippen molar-refractivity contribution in [1.29, 1.82) is 0 Å². The zero-order valence-electron chi connectivity index (χ0n) is 8.76. The van der Waals surface area contributed by atoms with E-state index in [1.807, 2.05) is 0 Å². The van der Waals surface area contributed by atoms with Crippen LogP contribution in [0.4, 0.5) is 4.39 Å². The van der Waals surface area contributed by atoms with Crippen LogP contribution < -0.4 is 5.32 Å². The zero-order chi connectivity index (χ0) is 12.7. The van der Waals surface area contributed by atoms with Crippen LogP contribution in [0.25, 0.3) is 0 Å². The molecule has 1 saturated heterocycles. The van der Waals surface area contributed by atoms with E-state index in [9.17, 15) is 14.0 Å². The molecule has 0 saturated carbocycles. The Hall–Kier alpha value is -0.940. The van der Waals surface area contributed by atoms with Crippen LogP contribution in [0.1, 0.15) is 17.0 Å². The van der Waals surface area contributed by atoms with Crippen LogP contribution >= 0.6 is 27.5 Å². The van der Waals surface area contributed by atoms with Gasteiger partial charge in [0, 0.05) is 0 Å². The SMILES string of the molecule is Cc1cc(Br)c(F)cc1C1C(=O)NC(=O)C1Cl. The van der Waals surface area contributed by atoms with Gasteiger partial charge in [0.15, 0.2) is 0 Å². The quantitative estimate of drug-likeness (QED) is 0.637. The van der Waals surface area contributed by atoms with Crippen molar-refractivity contribution in [3.63, 3.8) is 0 Å². The molecule has 0 spiro atoms. The van der Waals surface area contributed by atoms with Crippen molar-refractivity contribution in [2.45, 2.75) is 18.2 Å². The molecule has 0 radical (unpaired) electrons. The third-order valence-corrected chi connectivity index (χ3v) is 3.77. The van der Waals surface area contributed by atoms with Gasteiger partial charge in [0.1, 0.15) is 11.2 Å². The zero-order valence-corrected chi connectivity index (χ0v) is 11.1. The highest BCUT2D eigenvalue weighted by molar-refractivity contribution is 9.10. The summed E-state index contributed by atoms with van der Waals surface area (Å²) in [6, 6.07) is 2.79. The molecule has 1 fully saturated rings. The maximum atomic E-state index is 13.5. The summed E-state index contributed by atoms with van der Waals surface area (Å²) in [5, 5.41) is 1.15. The van der Waals surface area contributed by atoms with E-state index in [0.717, 1.165) is 0 Å². The highest BCUT2D eigenvalue weighted by Gasteiger charge is 2.42. The van der Waals surface area contributed by atoms with Gasteiger partial charge in [0.2, 0.25) is 11.8 Å². The first-order chi connectivity index (χ1) is 7.91. The summed E-state index contributed by atoms with van der Waals surface area (Å²) >= 11 is 8.91. The molecule has 2 amide bonds. The Morgan fingerprint density at radius 1 is 1.35 bits per heavy atom. The molecular formula is C11H8BrClFNO2. The minimum atomic E-state index is -0.984. The van der Waals surface area contributed by atoms with Crippen LogP contribution in [0, 0.1) is 12.7 Å². The molecule has 1 aliphatic rings. The molecule has 2 atom stereocenters. The van der Waals surface area contributed by atoms with Crippen molar-refractivity contribution in [3.8, 4) is 0 Å². The summed E-state index contributed by atoms with van der Waals surface area (Å²) in [6.45, 7) is 1.74. The minimum Gasteiger partial charge on any atom is -0.295 e. The summed E-state index contributed by atoms with van der Waals surface area (Å²) in [5.74, 6) is -2.34. The molecule has 6 heteroatoms. The summed E-state index contributed by atoms with van der Waals surface area (Å²) in [5.41, 5.74) is 1.15. The molecule has 0 aliphatic carbocycles. The van der Waals surface area contributed by atoms with Crippen molar-refractivity contribution in [2.24, 2.45) is 0 Å². The molecule has 1 N–H and O–H groups in total. The van der Waals surface area contributed by atoms with Gasteiger partial charge >= 0.3 is 0 Å². The lowest BCUT2D eigenvalue weighted by Crippen LogP contribution is -2.22. The van der Waals surface area contributed by atoms with Crippen LogP contribution in [0.3, 0.4) is 0 Å². The van der Waals surface area contributed by atoms with Gasteiger partial charge < -0.3 is 0 Å². The van der Waals surface area contributed by atoms with Gasteiger partial charge in [-0.1, -0.05) is 0 Å². The molecule has 1 aromatic carbocycles. The number of amides is 2. The standard InChI is InChI=1S/C11H8BrClFNO2/c1-4-2-6(12)7(14)3-5(4)8-9(13)11(17)15-10(8)16/h2-3,8-9H,1H3,(H,15,16,17). The van der Waals surface area contributed by atoms with Gasteiger partial charge in [0.25, 0.3) is 0 Å². The van der Waals surface area contributed by atoms with Crippen molar-refractivity contribution in [3.05, 3.63) is 33.5 Å². The number of halogens is 3. The number of nitrogens with one attached hydrogen (secondary N) is 1. The monoisotopic (exact) mass is 319 g/mol. The number of carbonyl (C=O) groups excluding carboxylic acids is 2. The molecule has 1 aromatic rings. The maximum Gasteiger partial charge on any atom is 0.245 e. The first kappa shape index (κ1) is 12.5. The third-order valence-electron chi connectivity index (χ3n) is 2.72. The lowest BCUT2D eigenvalue weighted by Gasteiger charge is -2.13. The second-order valence-corrected chi connectivity index (χ2v) is 5.18. The number of imide groups is 1. The molecule has 3 nitrogen and oxygen atoms in total. The Bertz CT molecular complexity index is 520. The predicted molar refractivity (Wildman–Crippen MR) is 64.4 cm³/mol. The summed E-state index contributed by atoms with van der Waals surface area (Å²) < 4.78 is 13.8. The van der Waals surface area contributed by atoms with E-state index >= 15 is 0 Å². The average Bonchev–Trinajstić information content (AvgIpc) is 2.48. The van der Waals surface area contributed by atoms with E-state index in [2.05, 4.69) is 21.2 Å². The lowest BCUT2D eigenvalue weighted by atomic mass is 9.93. The van der Waals surface area contributed by atoms with Crippen molar-refractivity contribution >= 4 is 39.3 Å². The number of hydrogen-bond donors (Lipinski definition) is 1. The predicted octanol–water partition coefficient (Wildman–Crippen LogP) is 2.24. The van der Waals surface area contributed by atoms with Crippen LogP contribution in [0.15, 0.2) is 16.6 Å². The normalized spacial score (nSPS) is 24.0. The average molecular weight is 321 g/mol. The Kier molecular flexibility index (Phi) is 3.23. The number of alkyl halides is 1. The van der Waals surface area contributed by atoms with Crippen molar-refractivity contribution in [2.75, 3.05) is 0 Å². The smallest absolute Gasteiger partial charge is 0.245 e. The Balaban J connectivity index is 2.51.